The SMILES string of the molecule is Cc1noc(C(F)(F)F)c1C(=O)ON=C(N)c1cccc(C(F)(F)F)c1. The van der Waals surface area contributed by atoms with Gasteiger partial charge in [0.15, 0.2) is 5.84 Å². The number of nitrogens with zero attached hydrogens (tertiary/aromatic N) is 2. The zero-order valence-electron chi connectivity index (χ0n) is 12.8. The Labute approximate surface area is 141 Å². The van der Waals surface area contributed by atoms with Crippen molar-refractivity contribution in [3.05, 3.63) is 52.4 Å². The predicted molar refractivity (Wildman–Crippen MR) is 73.8 cm³/mol. The number of aromatic nitrogens is 1. The number of amidine groups is 1. The molecule has 2 rings (SSSR count). The van der Waals surface area contributed by atoms with Crippen molar-refractivity contribution < 1.29 is 40.5 Å². The van der Waals surface area contributed by atoms with E-state index in [1.54, 1.807) is 0 Å². The van der Waals surface area contributed by atoms with E-state index >= 15 is 0 Å². The molecule has 0 radical (unpaired) electrons. The molecule has 0 saturated heterocycles. The Kier molecular flexibility index (Phi) is 4.96. The van der Waals surface area contributed by atoms with Crippen LogP contribution in [0, 0.1) is 6.92 Å². The maximum absolute atomic E-state index is 12.7. The van der Waals surface area contributed by atoms with Crippen LogP contribution in [-0.4, -0.2) is 17.0 Å². The Morgan fingerprint density at radius 2 is 1.85 bits per heavy atom. The Morgan fingerprint density at radius 3 is 2.42 bits per heavy atom. The number of halogens is 6. The van der Waals surface area contributed by atoms with Gasteiger partial charge in [-0.15, -0.1) is 0 Å². The topological polar surface area (TPSA) is 90.7 Å². The fourth-order valence-corrected chi connectivity index (χ4v) is 1.85. The lowest BCUT2D eigenvalue weighted by molar-refractivity contribution is -0.156. The molecule has 1 aromatic heterocycles. The number of carbonyl (C=O) groups excluding carboxylic acids is 1. The minimum absolute atomic E-state index is 0.245. The van der Waals surface area contributed by atoms with Crippen LogP contribution in [-0.2, 0) is 17.2 Å². The Bertz CT molecular complexity index is 854. The van der Waals surface area contributed by atoms with E-state index in [0.717, 1.165) is 25.1 Å². The molecule has 1 heterocycles. The van der Waals surface area contributed by atoms with E-state index in [0.29, 0.717) is 6.07 Å². The number of alkyl halides is 6. The van der Waals surface area contributed by atoms with Gasteiger partial charge in [-0.1, -0.05) is 22.4 Å². The number of benzene rings is 1. The first-order valence-corrected chi connectivity index (χ1v) is 6.67. The average molecular weight is 381 g/mol. The summed E-state index contributed by atoms with van der Waals surface area (Å²) in [5.41, 5.74) is 2.71. The van der Waals surface area contributed by atoms with E-state index in [4.69, 9.17) is 5.73 Å². The van der Waals surface area contributed by atoms with Gasteiger partial charge in [-0.25, -0.2) is 4.79 Å². The molecule has 0 aliphatic heterocycles. The Hall–Kier alpha value is -3.05. The van der Waals surface area contributed by atoms with Crippen LogP contribution in [0.25, 0.3) is 0 Å². The highest BCUT2D eigenvalue weighted by atomic mass is 19.4. The fourth-order valence-electron chi connectivity index (χ4n) is 1.85. The normalized spacial score (nSPS) is 13.0. The molecule has 0 bridgehead atoms. The van der Waals surface area contributed by atoms with Gasteiger partial charge in [0.25, 0.3) is 5.76 Å². The summed E-state index contributed by atoms with van der Waals surface area (Å²) in [6.07, 6.45) is -9.65. The van der Waals surface area contributed by atoms with Gasteiger partial charge in [-0.2, -0.15) is 26.3 Å². The summed E-state index contributed by atoms with van der Waals surface area (Å²) in [6.45, 7) is 1.06. The van der Waals surface area contributed by atoms with Crippen molar-refractivity contribution in [1.82, 2.24) is 5.16 Å². The molecular weight excluding hydrogens is 372 g/mol. The summed E-state index contributed by atoms with van der Waals surface area (Å²) in [5.74, 6) is -3.91. The number of oxime groups is 1. The largest absolute Gasteiger partial charge is 0.453 e. The van der Waals surface area contributed by atoms with Crippen molar-refractivity contribution in [3.8, 4) is 0 Å². The summed E-state index contributed by atoms with van der Waals surface area (Å²) in [5, 5.41) is 6.11. The van der Waals surface area contributed by atoms with Crippen LogP contribution in [0.2, 0.25) is 0 Å². The molecule has 0 spiro atoms. The number of hydrogen-bond donors (Lipinski definition) is 1. The molecule has 0 aliphatic rings. The minimum Gasteiger partial charge on any atom is -0.380 e. The zero-order chi connectivity index (χ0) is 19.7. The van der Waals surface area contributed by atoms with Crippen molar-refractivity contribution in [2.75, 3.05) is 0 Å². The van der Waals surface area contributed by atoms with Crippen LogP contribution in [0.3, 0.4) is 0 Å². The molecule has 6 nitrogen and oxygen atoms in total. The molecule has 0 amide bonds. The molecule has 0 atom stereocenters. The van der Waals surface area contributed by atoms with E-state index in [2.05, 4.69) is 19.7 Å². The second-order valence-electron chi connectivity index (χ2n) is 4.90. The van der Waals surface area contributed by atoms with Gasteiger partial charge in [0.05, 0.1) is 11.3 Å². The highest BCUT2D eigenvalue weighted by molar-refractivity contribution is 5.98. The van der Waals surface area contributed by atoms with Gasteiger partial charge in [0.2, 0.25) is 0 Å². The van der Waals surface area contributed by atoms with Gasteiger partial charge in [0, 0.05) is 5.56 Å². The molecule has 0 fully saturated rings. The third-order valence-electron chi connectivity index (χ3n) is 3.04. The molecule has 26 heavy (non-hydrogen) atoms. The molecule has 0 aliphatic carbocycles. The van der Waals surface area contributed by atoms with E-state index in [1.165, 1.54) is 0 Å². The molecule has 140 valence electrons. The van der Waals surface area contributed by atoms with Crippen LogP contribution in [0.1, 0.15) is 32.9 Å². The second kappa shape index (κ2) is 6.69. The van der Waals surface area contributed by atoms with Crippen molar-refractivity contribution in [1.29, 1.82) is 0 Å². The van der Waals surface area contributed by atoms with Crippen molar-refractivity contribution in [3.63, 3.8) is 0 Å². The molecule has 2 N–H and O–H groups in total. The number of carbonyl (C=O) groups is 1. The Morgan fingerprint density at radius 1 is 1.19 bits per heavy atom. The number of nitrogens with two attached hydrogens (primary N) is 1. The highest BCUT2D eigenvalue weighted by Crippen LogP contribution is 2.33. The summed E-state index contributed by atoms with van der Waals surface area (Å²) in [6, 6.07) is 3.60. The van der Waals surface area contributed by atoms with Crippen molar-refractivity contribution in [2.45, 2.75) is 19.3 Å². The lowest BCUT2D eigenvalue weighted by Crippen LogP contribution is -2.18. The van der Waals surface area contributed by atoms with E-state index < -0.39 is 46.7 Å². The van der Waals surface area contributed by atoms with Crippen molar-refractivity contribution in [2.24, 2.45) is 10.9 Å². The summed E-state index contributed by atoms with van der Waals surface area (Å²) in [7, 11) is 0. The van der Waals surface area contributed by atoms with E-state index in [1.807, 2.05) is 0 Å². The maximum Gasteiger partial charge on any atom is 0.453 e. The third-order valence-corrected chi connectivity index (χ3v) is 3.04. The Balaban J connectivity index is 2.25. The standard InChI is InChI=1S/C14H9F6N3O3/c1-6-9(10(25-22-6)14(18,19)20)12(24)26-23-11(21)7-3-2-4-8(5-7)13(15,16)17/h2-5H,1H3,(H2,21,23). The number of rotatable bonds is 3. The smallest absolute Gasteiger partial charge is 0.380 e. The van der Waals surface area contributed by atoms with Gasteiger partial charge < -0.3 is 15.1 Å². The zero-order valence-corrected chi connectivity index (χ0v) is 12.8. The quantitative estimate of drug-likeness (QED) is 0.289. The fraction of sp³-hybridized carbons (Fsp3) is 0.214. The third kappa shape index (κ3) is 4.13. The molecule has 0 saturated carbocycles. The highest BCUT2D eigenvalue weighted by Gasteiger charge is 2.42. The molecule has 12 heteroatoms. The lowest BCUT2D eigenvalue weighted by Gasteiger charge is -2.08. The maximum atomic E-state index is 12.7. The predicted octanol–water partition coefficient (Wildman–Crippen LogP) is 3.50. The van der Waals surface area contributed by atoms with Crippen LogP contribution < -0.4 is 5.73 Å². The van der Waals surface area contributed by atoms with Crippen LogP contribution in [0.5, 0.6) is 0 Å². The first-order chi connectivity index (χ1) is 11.9. The van der Waals surface area contributed by atoms with Crippen LogP contribution in [0.4, 0.5) is 26.3 Å². The van der Waals surface area contributed by atoms with E-state index in [-0.39, 0.29) is 5.56 Å². The van der Waals surface area contributed by atoms with E-state index in [9.17, 15) is 31.1 Å². The van der Waals surface area contributed by atoms with Gasteiger partial charge >= 0.3 is 18.3 Å². The lowest BCUT2D eigenvalue weighted by atomic mass is 10.1. The average Bonchev–Trinajstić information content (AvgIpc) is 2.93. The van der Waals surface area contributed by atoms with Gasteiger partial charge in [-0.3, -0.25) is 0 Å². The molecular formula is C14H9F6N3O3. The summed E-state index contributed by atoms with van der Waals surface area (Å²) in [4.78, 5) is 16.1. The first-order valence-electron chi connectivity index (χ1n) is 6.67. The monoisotopic (exact) mass is 381 g/mol. The second-order valence-corrected chi connectivity index (χ2v) is 4.90. The van der Waals surface area contributed by atoms with Crippen LogP contribution >= 0.6 is 0 Å². The molecule has 0 unspecified atom stereocenters. The molecule has 2 aromatic rings. The summed E-state index contributed by atoms with van der Waals surface area (Å²) < 4.78 is 80.2. The summed E-state index contributed by atoms with van der Waals surface area (Å²) >= 11 is 0. The van der Waals surface area contributed by atoms with Crippen molar-refractivity contribution >= 4 is 11.8 Å². The number of aryl methyl sites for hydroxylation is 1. The minimum atomic E-state index is -5.01. The molecule has 1 aromatic carbocycles. The first kappa shape index (κ1) is 19.3. The van der Waals surface area contributed by atoms with Gasteiger partial charge in [-0.05, 0) is 19.1 Å². The van der Waals surface area contributed by atoms with Crippen LogP contribution in [0.15, 0.2) is 33.9 Å². The van der Waals surface area contributed by atoms with Gasteiger partial charge in [0.1, 0.15) is 5.56 Å². The number of hydrogen-bond acceptors (Lipinski definition) is 5.